The van der Waals surface area contributed by atoms with Crippen molar-refractivity contribution in [2.75, 3.05) is 0 Å². The largest absolute Gasteiger partial charge is 0.203 e. The Balaban J connectivity index is 2.27. The summed E-state index contributed by atoms with van der Waals surface area (Å²) in [5.74, 6) is -9.85. The van der Waals surface area contributed by atoms with Gasteiger partial charge < -0.3 is 0 Å². The minimum absolute atomic E-state index is 0.366. The topological polar surface area (TPSA) is 0 Å². The highest BCUT2D eigenvalue weighted by molar-refractivity contribution is 5.60. The molecule has 0 unspecified atom stereocenters. The lowest BCUT2D eigenvalue weighted by molar-refractivity contribution is 0.363. The first-order valence-corrected chi connectivity index (χ1v) is 9.18. The van der Waals surface area contributed by atoms with Crippen molar-refractivity contribution in [3.8, 4) is 0 Å². The van der Waals surface area contributed by atoms with Crippen LogP contribution in [0.1, 0.15) is 22.3 Å². The molecule has 0 atom stereocenters. The van der Waals surface area contributed by atoms with Crippen LogP contribution in [0.15, 0.2) is 91.0 Å². The Morgan fingerprint density at radius 1 is 0.367 bits per heavy atom. The van der Waals surface area contributed by atoms with Gasteiger partial charge in [0.1, 0.15) is 0 Å². The van der Waals surface area contributed by atoms with Crippen LogP contribution in [0.5, 0.6) is 0 Å². The van der Waals surface area contributed by atoms with Crippen molar-refractivity contribution in [1.82, 2.24) is 0 Å². The van der Waals surface area contributed by atoms with Gasteiger partial charge in [0, 0.05) is 5.56 Å². The lowest BCUT2D eigenvalue weighted by Crippen LogP contribution is -2.34. The minimum atomic E-state index is -2.18. The van der Waals surface area contributed by atoms with E-state index < -0.39 is 40.1 Å². The van der Waals surface area contributed by atoms with Gasteiger partial charge in [0.25, 0.3) is 0 Å². The van der Waals surface area contributed by atoms with Gasteiger partial charge >= 0.3 is 0 Å². The molecule has 0 radical (unpaired) electrons. The quantitative estimate of drug-likeness (QED) is 0.151. The predicted molar refractivity (Wildman–Crippen MR) is 105 cm³/mol. The third-order valence-corrected chi connectivity index (χ3v) is 5.21. The number of hydrogen-bond acceptors (Lipinski definition) is 0. The number of halogens is 5. The highest BCUT2D eigenvalue weighted by atomic mass is 19.2. The maximum atomic E-state index is 15.2. The molecule has 0 amide bonds. The van der Waals surface area contributed by atoms with Crippen LogP contribution in [0.4, 0.5) is 22.0 Å². The molecule has 0 aliphatic rings. The van der Waals surface area contributed by atoms with E-state index in [1.54, 1.807) is 91.0 Å². The molecule has 0 aliphatic carbocycles. The van der Waals surface area contributed by atoms with Gasteiger partial charge in [-0.05, 0) is 16.7 Å². The lowest BCUT2D eigenvalue weighted by Gasteiger charge is -2.37. The van der Waals surface area contributed by atoms with Crippen molar-refractivity contribution in [2.45, 2.75) is 5.41 Å². The van der Waals surface area contributed by atoms with Crippen molar-refractivity contribution in [1.29, 1.82) is 0 Å². The molecule has 0 heterocycles. The zero-order valence-corrected chi connectivity index (χ0v) is 15.6. The van der Waals surface area contributed by atoms with Gasteiger partial charge in [-0.1, -0.05) is 91.0 Å². The van der Waals surface area contributed by atoms with Gasteiger partial charge in [-0.3, -0.25) is 0 Å². The van der Waals surface area contributed by atoms with Gasteiger partial charge in [0.2, 0.25) is 5.82 Å². The van der Waals surface area contributed by atoms with Crippen molar-refractivity contribution in [2.24, 2.45) is 0 Å². The van der Waals surface area contributed by atoms with Gasteiger partial charge in [-0.15, -0.1) is 0 Å². The fourth-order valence-corrected chi connectivity index (χ4v) is 3.93. The molecule has 0 spiro atoms. The summed E-state index contributed by atoms with van der Waals surface area (Å²) in [4.78, 5) is 0. The van der Waals surface area contributed by atoms with Crippen LogP contribution in [-0.4, -0.2) is 0 Å². The maximum Gasteiger partial charge on any atom is 0.200 e. The SMILES string of the molecule is Fc1c(F)c(F)c(C(c2ccccc2)(c2ccccc2)c2ccccc2)c(F)c1F. The van der Waals surface area contributed by atoms with Crippen molar-refractivity contribution in [3.05, 3.63) is 142 Å². The molecule has 0 aliphatic heterocycles. The molecule has 150 valence electrons. The molecule has 0 N–H and O–H groups in total. The third kappa shape index (κ3) is 2.89. The molecular formula is C25H15F5. The maximum absolute atomic E-state index is 15.2. The van der Waals surface area contributed by atoms with E-state index >= 15 is 8.78 Å². The van der Waals surface area contributed by atoms with Crippen LogP contribution in [0.3, 0.4) is 0 Å². The second-order valence-electron chi connectivity index (χ2n) is 6.79. The molecule has 30 heavy (non-hydrogen) atoms. The van der Waals surface area contributed by atoms with Crippen molar-refractivity contribution < 1.29 is 22.0 Å². The number of benzene rings is 4. The van der Waals surface area contributed by atoms with E-state index in [0.29, 0.717) is 16.7 Å². The van der Waals surface area contributed by atoms with Crippen LogP contribution in [0.2, 0.25) is 0 Å². The van der Waals surface area contributed by atoms with Crippen LogP contribution >= 0.6 is 0 Å². The van der Waals surface area contributed by atoms with Gasteiger partial charge in [0.05, 0.1) is 5.41 Å². The third-order valence-electron chi connectivity index (χ3n) is 5.21. The van der Waals surface area contributed by atoms with Gasteiger partial charge in [0.15, 0.2) is 23.3 Å². The Morgan fingerprint density at radius 3 is 0.933 bits per heavy atom. The van der Waals surface area contributed by atoms with Crippen LogP contribution in [0, 0.1) is 29.1 Å². The minimum Gasteiger partial charge on any atom is -0.203 e. The Labute approximate surface area is 170 Å². The average molecular weight is 410 g/mol. The summed E-state index contributed by atoms with van der Waals surface area (Å²) in [6.07, 6.45) is 0. The van der Waals surface area contributed by atoms with Gasteiger partial charge in [-0.2, -0.15) is 0 Å². The zero-order valence-electron chi connectivity index (χ0n) is 15.6. The molecule has 4 aromatic rings. The first-order chi connectivity index (χ1) is 14.5. The molecular weight excluding hydrogens is 395 g/mol. The highest BCUT2D eigenvalue weighted by Gasteiger charge is 2.45. The molecule has 0 aromatic heterocycles. The van der Waals surface area contributed by atoms with E-state index in [1.807, 2.05) is 0 Å². The summed E-state index contributed by atoms with van der Waals surface area (Å²) >= 11 is 0. The van der Waals surface area contributed by atoms with E-state index in [9.17, 15) is 13.2 Å². The van der Waals surface area contributed by atoms with E-state index in [1.165, 1.54) is 0 Å². The van der Waals surface area contributed by atoms with Crippen molar-refractivity contribution in [3.63, 3.8) is 0 Å². The second-order valence-corrected chi connectivity index (χ2v) is 6.79. The summed E-state index contributed by atoms with van der Waals surface area (Å²) in [5, 5.41) is 0. The molecule has 5 heteroatoms. The fourth-order valence-electron chi connectivity index (χ4n) is 3.93. The lowest BCUT2D eigenvalue weighted by atomic mass is 9.64. The summed E-state index contributed by atoms with van der Waals surface area (Å²) in [6, 6.07) is 24.7. The van der Waals surface area contributed by atoms with E-state index in [2.05, 4.69) is 0 Å². The summed E-state index contributed by atoms with van der Waals surface area (Å²) in [7, 11) is 0. The Bertz CT molecular complexity index is 1050. The Morgan fingerprint density at radius 2 is 0.633 bits per heavy atom. The first-order valence-electron chi connectivity index (χ1n) is 9.18. The molecule has 0 fully saturated rings. The zero-order chi connectivity index (χ0) is 21.3. The smallest absolute Gasteiger partial charge is 0.200 e. The second kappa shape index (κ2) is 7.75. The summed E-state index contributed by atoms with van der Waals surface area (Å²) in [5.41, 5.74) is -1.59. The molecule has 0 saturated heterocycles. The van der Waals surface area contributed by atoms with Crippen LogP contribution in [0.25, 0.3) is 0 Å². The molecule has 4 aromatic carbocycles. The Kier molecular flexibility index (Phi) is 5.12. The van der Waals surface area contributed by atoms with E-state index in [4.69, 9.17) is 0 Å². The van der Waals surface area contributed by atoms with Crippen molar-refractivity contribution >= 4 is 0 Å². The highest BCUT2D eigenvalue weighted by Crippen LogP contribution is 2.47. The molecule has 4 rings (SSSR count). The van der Waals surface area contributed by atoms with E-state index in [-0.39, 0.29) is 0 Å². The fraction of sp³-hybridized carbons (Fsp3) is 0.0400. The summed E-state index contributed by atoms with van der Waals surface area (Å²) < 4.78 is 73.0. The first kappa shape index (κ1) is 19.8. The van der Waals surface area contributed by atoms with E-state index in [0.717, 1.165) is 0 Å². The van der Waals surface area contributed by atoms with Crippen LogP contribution < -0.4 is 0 Å². The van der Waals surface area contributed by atoms with Gasteiger partial charge in [-0.25, -0.2) is 22.0 Å². The monoisotopic (exact) mass is 410 g/mol. The normalized spacial score (nSPS) is 11.5. The number of hydrogen-bond donors (Lipinski definition) is 0. The molecule has 0 bridgehead atoms. The Hall–Kier alpha value is -3.47. The average Bonchev–Trinajstić information content (AvgIpc) is 2.81. The summed E-state index contributed by atoms with van der Waals surface area (Å²) in [6.45, 7) is 0. The number of rotatable bonds is 4. The molecule has 0 saturated carbocycles. The standard InChI is InChI=1S/C25H15F5/c26-20-19(21(27)23(29)24(30)22(20)28)25(16-10-4-1-5-11-16,17-12-6-2-7-13-17)18-14-8-3-9-15-18/h1-15H. The predicted octanol–water partition coefficient (Wildman–Crippen LogP) is 6.76. The molecule has 0 nitrogen and oxygen atoms in total. The van der Waals surface area contributed by atoms with Crippen LogP contribution in [-0.2, 0) is 5.41 Å².